The van der Waals surface area contributed by atoms with Crippen LogP contribution in [0.15, 0.2) is 48.5 Å². The van der Waals surface area contributed by atoms with E-state index in [1.165, 1.54) is 17.7 Å². The number of hydrogen-bond donors (Lipinski definition) is 3. The molecular formula is C21H22FN3O3. The molecule has 2 aromatic rings. The van der Waals surface area contributed by atoms with E-state index in [0.29, 0.717) is 19.4 Å². The van der Waals surface area contributed by atoms with E-state index in [1.807, 2.05) is 18.2 Å². The highest BCUT2D eigenvalue weighted by Gasteiger charge is 2.36. The Kier molecular flexibility index (Phi) is 4.90. The average Bonchev–Trinajstić information content (AvgIpc) is 2.65. The Labute approximate surface area is 162 Å². The van der Waals surface area contributed by atoms with Gasteiger partial charge in [0.15, 0.2) is 0 Å². The number of amides is 3. The van der Waals surface area contributed by atoms with Gasteiger partial charge >= 0.3 is 12.1 Å². The Bertz CT molecular complexity index is 881. The van der Waals surface area contributed by atoms with Crippen LogP contribution in [0.4, 0.5) is 14.0 Å². The van der Waals surface area contributed by atoms with Gasteiger partial charge < -0.3 is 20.6 Å². The molecule has 7 heteroatoms. The highest BCUT2D eigenvalue weighted by Crippen LogP contribution is 2.35. The monoisotopic (exact) mass is 383 g/mol. The molecule has 0 radical (unpaired) electrons. The maximum absolute atomic E-state index is 13.4. The molecule has 3 N–H and O–H groups in total. The van der Waals surface area contributed by atoms with Crippen molar-refractivity contribution in [1.82, 2.24) is 15.5 Å². The fourth-order valence-electron chi connectivity index (χ4n) is 4.08. The SMILES string of the molecule is O=C(O)N[C@H]1C[C@@H](NC(=O)N2CCc3ccccc3[C@@H]2c2ccc(F)cc2)C1. The first kappa shape index (κ1) is 18.3. The molecule has 1 atom stereocenters. The highest BCUT2D eigenvalue weighted by molar-refractivity contribution is 5.76. The Morgan fingerprint density at radius 1 is 1.00 bits per heavy atom. The van der Waals surface area contributed by atoms with Crippen LogP contribution in [0.1, 0.15) is 35.6 Å². The van der Waals surface area contributed by atoms with Crippen LogP contribution < -0.4 is 10.6 Å². The van der Waals surface area contributed by atoms with Gasteiger partial charge in [0.1, 0.15) is 5.82 Å². The molecule has 6 nitrogen and oxygen atoms in total. The largest absolute Gasteiger partial charge is 0.465 e. The maximum atomic E-state index is 13.4. The van der Waals surface area contributed by atoms with E-state index in [-0.39, 0.29) is 30.0 Å². The average molecular weight is 383 g/mol. The third-order valence-electron chi connectivity index (χ3n) is 5.52. The summed E-state index contributed by atoms with van der Waals surface area (Å²) in [6.45, 7) is 0.564. The van der Waals surface area contributed by atoms with E-state index in [0.717, 1.165) is 17.5 Å². The molecule has 1 heterocycles. The molecule has 0 unspecified atom stereocenters. The van der Waals surface area contributed by atoms with Gasteiger partial charge in [-0.05, 0) is 48.1 Å². The molecule has 0 aromatic heterocycles. The molecule has 1 fully saturated rings. The standard InChI is InChI=1S/C21H22FN3O3/c22-15-7-5-14(6-8-15)19-18-4-2-1-3-13(18)9-10-25(19)20(26)23-16-11-17(12-16)24-21(27)28/h1-8,16-17,19,24H,9-12H2,(H,23,26)(H,27,28)/t16-,17+,19-/m0/s1. The highest BCUT2D eigenvalue weighted by atomic mass is 19.1. The number of hydrogen-bond acceptors (Lipinski definition) is 2. The van der Waals surface area contributed by atoms with E-state index < -0.39 is 6.09 Å². The van der Waals surface area contributed by atoms with Gasteiger partial charge in [-0.25, -0.2) is 14.0 Å². The molecule has 4 rings (SSSR count). The van der Waals surface area contributed by atoms with Crippen LogP contribution in [0.25, 0.3) is 0 Å². The van der Waals surface area contributed by atoms with Crippen LogP contribution in [0.2, 0.25) is 0 Å². The van der Waals surface area contributed by atoms with Crippen LogP contribution >= 0.6 is 0 Å². The Morgan fingerprint density at radius 2 is 1.68 bits per heavy atom. The summed E-state index contributed by atoms with van der Waals surface area (Å²) >= 11 is 0. The van der Waals surface area contributed by atoms with Crippen molar-refractivity contribution in [3.05, 3.63) is 71.0 Å². The zero-order chi connectivity index (χ0) is 19.7. The van der Waals surface area contributed by atoms with Crippen molar-refractivity contribution in [3.63, 3.8) is 0 Å². The molecule has 2 aromatic carbocycles. The third-order valence-corrected chi connectivity index (χ3v) is 5.52. The summed E-state index contributed by atoms with van der Waals surface area (Å²) in [5, 5.41) is 14.2. The topological polar surface area (TPSA) is 81.7 Å². The van der Waals surface area contributed by atoms with Crippen LogP contribution in [0.3, 0.4) is 0 Å². The number of carbonyl (C=O) groups excluding carboxylic acids is 1. The quantitative estimate of drug-likeness (QED) is 0.761. The van der Waals surface area contributed by atoms with Crippen molar-refractivity contribution in [2.24, 2.45) is 0 Å². The lowest BCUT2D eigenvalue weighted by atomic mass is 9.86. The normalized spacial score (nSPS) is 23.3. The number of benzene rings is 2. The van der Waals surface area contributed by atoms with Crippen LogP contribution in [-0.4, -0.2) is 40.8 Å². The fourth-order valence-corrected chi connectivity index (χ4v) is 4.08. The van der Waals surface area contributed by atoms with Crippen LogP contribution in [0.5, 0.6) is 0 Å². The van der Waals surface area contributed by atoms with Gasteiger partial charge in [0, 0.05) is 18.6 Å². The second kappa shape index (κ2) is 7.50. The van der Waals surface area contributed by atoms with Gasteiger partial charge in [-0.2, -0.15) is 0 Å². The van der Waals surface area contributed by atoms with E-state index in [1.54, 1.807) is 17.0 Å². The summed E-state index contributed by atoms with van der Waals surface area (Å²) in [7, 11) is 0. The van der Waals surface area contributed by atoms with Crippen molar-refractivity contribution in [2.75, 3.05) is 6.54 Å². The lowest BCUT2D eigenvalue weighted by Crippen LogP contribution is -2.57. The number of rotatable bonds is 3. The van der Waals surface area contributed by atoms with Gasteiger partial charge in [0.05, 0.1) is 6.04 Å². The summed E-state index contributed by atoms with van der Waals surface area (Å²) in [5.41, 5.74) is 3.10. The lowest BCUT2D eigenvalue weighted by Gasteiger charge is -2.41. The summed E-state index contributed by atoms with van der Waals surface area (Å²) in [6, 6.07) is 13.7. The first-order valence-electron chi connectivity index (χ1n) is 9.41. The zero-order valence-corrected chi connectivity index (χ0v) is 15.3. The number of urea groups is 1. The van der Waals surface area contributed by atoms with Crippen molar-refractivity contribution in [3.8, 4) is 0 Å². The molecule has 0 bridgehead atoms. The minimum absolute atomic E-state index is 0.0459. The first-order valence-corrected chi connectivity index (χ1v) is 9.41. The van der Waals surface area contributed by atoms with E-state index in [4.69, 9.17) is 5.11 Å². The number of carbonyl (C=O) groups is 2. The Balaban J connectivity index is 1.53. The number of nitrogens with one attached hydrogen (secondary N) is 2. The smallest absolute Gasteiger partial charge is 0.404 e. The third kappa shape index (κ3) is 3.65. The predicted molar refractivity (Wildman–Crippen MR) is 102 cm³/mol. The summed E-state index contributed by atoms with van der Waals surface area (Å²) < 4.78 is 13.4. The van der Waals surface area contributed by atoms with Gasteiger partial charge in [0.25, 0.3) is 0 Å². The lowest BCUT2D eigenvalue weighted by molar-refractivity contribution is 0.156. The van der Waals surface area contributed by atoms with Crippen molar-refractivity contribution in [1.29, 1.82) is 0 Å². The number of nitrogens with zero attached hydrogens (tertiary/aromatic N) is 1. The van der Waals surface area contributed by atoms with Crippen LogP contribution in [-0.2, 0) is 6.42 Å². The molecule has 1 aliphatic heterocycles. The van der Waals surface area contributed by atoms with Crippen molar-refractivity contribution in [2.45, 2.75) is 37.4 Å². The number of carboxylic acid groups (broad SMARTS) is 1. The van der Waals surface area contributed by atoms with Crippen molar-refractivity contribution >= 4 is 12.1 Å². The summed E-state index contributed by atoms with van der Waals surface area (Å²) in [4.78, 5) is 25.5. The second-order valence-corrected chi connectivity index (χ2v) is 7.36. The second-order valence-electron chi connectivity index (χ2n) is 7.36. The minimum Gasteiger partial charge on any atom is -0.465 e. The van der Waals surface area contributed by atoms with Gasteiger partial charge in [-0.3, -0.25) is 0 Å². The molecule has 28 heavy (non-hydrogen) atoms. The zero-order valence-electron chi connectivity index (χ0n) is 15.3. The van der Waals surface area contributed by atoms with E-state index >= 15 is 0 Å². The fraction of sp³-hybridized carbons (Fsp3) is 0.333. The Morgan fingerprint density at radius 3 is 2.39 bits per heavy atom. The Hall–Kier alpha value is -3.09. The molecule has 0 spiro atoms. The van der Waals surface area contributed by atoms with Crippen molar-refractivity contribution < 1.29 is 19.1 Å². The predicted octanol–water partition coefficient (Wildman–Crippen LogP) is 3.28. The van der Waals surface area contributed by atoms with E-state index in [2.05, 4.69) is 16.7 Å². The first-order chi connectivity index (χ1) is 13.5. The van der Waals surface area contributed by atoms with Gasteiger partial charge in [-0.1, -0.05) is 36.4 Å². The molecular weight excluding hydrogens is 361 g/mol. The molecule has 1 saturated carbocycles. The molecule has 3 amide bonds. The molecule has 1 aliphatic carbocycles. The molecule has 146 valence electrons. The number of fused-ring (bicyclic) bond motifs is 1. The van der Waals surface area contributed by atoms with E-state index in [9.17, 15) is 14.0 Å². The molecule has 0 saturated heterocycles. The van der Waals surface area contributed by atoms with Gasteiger partial charge in [-0.15, -0.1) is 0 Å². The molecule has 2 aliphatic rings. The maximum Gasteiger partial charge on any atom is 0.404 e. The van der Waals surface area contributed by atoms with Gasteiger partial charge in [0.2, 0.25) is 0 Å². The minimum atomic E-state index is -1.04. The summed E-state index contributed by atoms with van der Waals surface area (Å²) in [6.07, 6.45) is 0.890. The number of halogens is 1. The summed E-state index contributed by atoms with van der Waals surface area (Å²) in [5.74, 6) is -0.310. The van der Waals surface area contributed by atoms with Crippen LogP contribution in [0, 0.1) is 5.82 Å².